The second-order valence-corrected chi connectivity index (χ2v) is 6.60. The van der Waals surface area contributed by atoms with Gasteiger partial charge in [-0.25, -0.2) is 0 Å². The average molecular weight is 367 g/mol. The molecule has 2 amide bonds. The first-order chi connectivity index (χ1) is 13.1. The fourth-order valence-electron chi connectivity index (χ4n) is 3.26. The monoisotopic (exact) mass is 367 g/mol. The van der Waals surface area contributed by atoms with Gasteiger partial charge in [0.15, 0.2) is 6.61 Å². The molecule has 1 atom stereocenters. The maximum Gasteiger partial charge on any atom is 0.255 e. The lowest BCUT2D eigenvalue weighted by atomic mass is 10.00. The molecule has 1 unspecified atom stereocenters. The standard InChI is InChI=1S/C21H25N3O3/c1-2-15-6-8-16(9-7-15)19-13-23-10-11-24(19)21(26)17-4-3-5-18(12-17)27-14-20(22)25/h3-9,12,19,23H,2,10-11,13-14H2,1H3,(H2,22,25). The van der Waals surface area contributed by atoms with E-state index in [0.717, 1.165) is 25.1 Å². The third kappa shape index (κ3) is 4.65. The van der Waals surface area contributed by atoms with Crippen molar-refractivity contribution in [3.63, 3.8) is 0 Å². The van der Waals surface area contributed by atoms with Gasteiger partial charge in [0.05, 0.1) is 6.04 Å². The van der Waals surface area contributed by atoms with Crippen LogP contribution in [0.15, 0.2) is 48.5 Å². The number of hydrogen-bond acceptors (Lipinski definition) is 4. The molecule has 27 heavy (non-hydrogen) atoms. The fraction of sp³-hybridized carbons (Fsp3) is 0.333. The van der Waals surface area contributed by atoms with Crippen LogP contribution in [-0.4, -0.2) is 43.0 Å². The maximum absolute atomic E-state index is 13.1. The highest BCUT2D eigenvalue weighted by Gasteiger charge is 2.28. The van der Waals surface area contributed by atoms with E-state index in [9.17, 15) is 9.59 Å². The number of piperazine rings is 1. The Morgan fingerprint density at radius 1 is 1.22 bits per heavy atom. The first-order valence-electron chi connectivity index (χ1n) is 9.20. The molecule has 6 heteroatoms. The van der Waals surface area contributed by atoms with E-state index in [2.05, 4.69) is 36.5 Å². The van der Waals surface area contributed by atoms with E-state index in [4.69, 9.17) is 10.5 Å². The number of aryl methyl sites for hydroxylation is 1. The van der Waals surface area contributed by atoms with E-state index in [0.29, 0.717) is 17.9 Å². The first-order valence-corrected chi connectivity index (χ1v) is 9.20. The van der Waals surface area contributed by atoms with Gasteiger partial charge in [0, 0.05) is 25.2 Å². The van der Waals surface area contributed by atoms with Gasteiger partial charge in [-0.3, -0.25) is 9.59 Å². The molecule has 0 saturated carbocycles. The molecule has 2 aromatic rings. The van der Waals surface area contributed by atoms with Crippen molar-refractivity contribution in [2.75, 3.05) is 26.2 Å². The van der Waals surface area contributed by atoms with Crippen molar-refractivity contribution in [1.29, 1.82) is 0 Å². The number of carbonyl (C=O) groups excluding carboxylic acids is 2. The molecule has 1 aliphatic heterocycles. The number of carbonyl (C=O) groups is 2. The average Bonchev–Trinajstić information content (AvgIpc) is 2.72. The van der Waals surface area contributed by atoms with E-state index < -0.39 is 5.91 Å². The predicted octanol–water partition coefficient (Wildman–Crippen LogP) is 1.90. The molecule has 0 radical (unpaired) electrons. The van der Waals surface area contributed by atoms with Crippen molar-refractivity contribution >= 4 is 11.8 Å². The Balaban J connectivity index is 1.80. The number of nitrogens with one attached hydrogen (secondary N) is 1. The topological polar surface area (TPSA) is 84.7 Å². The Morgan fingerprint density at radius 2 is 2.00 bits per heavy atom. The van der Waals surface area contributed by atoms with E-state index in [1.54, 1.807) is 24.3 Å². The van der Waals surface area contributed by atoms with E-state index in [1.807, 2.05) is 4.90 Å². The lowest BCUT2D eigenvalue weighted by Gasteiger charge is -2.36. The molecule has 1 fully saturated rings. The molecule has 0 spiro atoms. The van der Waals surface area contributed by atoms with Crippen molar-refractivity contribution in [3.05, 3.63) is 65.2 Å². The summed E-state index contributed by atoms with van der Waals surface area (Å²) in [6, 6.07) is 15.3. The Hall–Kier alpha value is -2.86. The number of hydrogen-bond donors (Lipinski definition) is 2. The van der Waals surface area contributed by atoms with Crippen LogP contribution in [0.5, 0.6) is 5.75 Å². The van der Waals surface area contributed by atoms with Gasteiger partial charge < -0.3 is 20.7 Å². The number of nitrogens with zero attached hydrogens (tertiary/aromatic N) is 1. The van der Waals surface area contributed by atoms with Crippen LogP contribution in [0.2, 0.25) is 0 Å². The van der Waals surface area contributed by atoms with Gasteiger partial charge >= 0.3 is 0 Å². The smallest absolute Gasteiger partial charge is 0.255 e. The normalized spacial score (nSPS) is 16.8. The quantitative estimate of drug-likeness (QED) is 0.817. The lowest BCUT2D eigenvalue weighted by Crippen LogP contribution is -2.48. The zero-order chi connectivity index (χ0) is 19.2. The summed E-state index contributed by atoms with van der Waals surface area (Å²) in [4.78, 5) is 25.9. The molecular weight excluding hydrogens is 342 g/mol. The van der Waals surface area contributed by atoms with Gasteiger partial charge in [-0.1, -0.05) is 37.3 Å². The van der Waals surface area contributed by atoms with Gasteiger partial charge in [-0.05, 0) is 35.7 Å². The number of rotatable bonds is 6. The Morgan fingerprint density at radius 3 is 2.70 bits per heavy atom. The Bertz CT molecular complexity index is 805. The third-order valence-corrected chi connectivity index (χ3v) is 4.74. The van der Waals surface area contributed by atoms with Crippen molar-refractivity contribution in [2.24, 2.45) is 5.73 Å². The summed E-state index contributed by atoms with van der Waals surface area (Å²) in [5.41, 5.74) is 8.05. The molecular formula is C21H25N3O3. The largest absolute Gasteiger partial charge is 0.484 e. The molecule has 142 valence electrons. The molecule has 0 bridgehead atoms. The minimum absolute atomic E-state index is 0.0210. The van der Waals surface area contributed by atoms with Crippen LogP contribution in [-0.2, 0) is 11.2 Å². The van der Waals surface area contributed by atoms with Gasteiger partial charge in [0.1, 0.15) is 5.75 Å². The molecule has 1 aliphatic rings. The van der Waals surface area contributed by atoms with Crippen molar-refractivity contribution < 1.29 is 14.3 Å². The van der Waals surface area contributed by atoms with Gasteiger partial charge in [-0.15, -0.1) is 0 Å². The van der Waals surface area contributed by atoms with Crippen molar-refractivity contribution in [3.8, 4) is 5.75 Å². The highest BCUT2D eigenvalue weighted by molar-refractivity contribution is 5.95. The molecule has 0 aromatic heterocycles. The molecule has 1 heterocycles. The van der Waals surface area contributed by atoms with Crippen LogP contribution < -0.4 is 15.8 Å². The summed E-state index contributed by atoms with van der Waals surface area (Å²) >= 11 is 0. The van der Waals surface area contributed by atoms with Crippen LogP contribution >= 0.6 is 0 Å². The summed E-state index contributed by atoms with van der Waals surface area (Å²) < 4.78 is 5.32. The Kier molecular flexibility index (Phi) is 6.08. The highest BCUT2D eigenvalue weighted by Crippen LogP contribution is 2.25. The molecule has 1 saturated heterocycles. The van der Waals surface area contributed by atoms with Gasteiger partial charge in [0.25, 0.3) is 11.8 Å². The predicted molar refractivity (Wildman–Crippen MR) is 104 cm³/mol. The van der Waals surface area contributed by atoms with Gasteiger partial charge in [0.2, 0.25) is 0 Å². The van der Waals surface area contributed by atoms with Crippen LogP contribution in [0.4, 0.5) is 0 Å². The van der Waals surface area contributed by atoms with E-state index in [-0.39, 0.29) is 18.6 Å². The zero-order valence-corrected chi connectivity index (χ0v) is 15.5. The molecule has 6 nitrogen and oxygen atoms in total. The van der Waals surface area contributed by atoms with Crippen molar-refractivity contribution in [2.45, 2.75) is 19.4 Å². The Labute approximate surface area is 159 Å². The van der Waals surface area contributed by atoms with Crippen LogP contribution in [0.3, 0.4) is 0 Å². The third-order valence-electron chi connectivity index (χ3n) is 4.74. The summed E-state index contributed by atoms with van der Waals surface area (Å²) in [6.45, 7) is 4.02. The SMILES string of the molecule is CCc1ccc(C2CNCCN2C(=O)c2cccc(OCC(N)=O)c2)cc1. The highest BCUT2D eigenvalue weighted by atomic mass is 16.5. The molecule has 3 rings (SSSR count). The number of ether oxygens (including phenoxy) is 1. The van der Waals surface area contributed by atoms with Gasteiger partial charge in [-0.2, -0.15) is 0 Å². The maximum atomic E-state index is 13.1. The second-order valence-electron chi connectivity index (χ2n) is 6.60. The lowest BCUT2D eigenvalue weighted by molar-refractivity contribution is -0.119. The fourth-order valence-corrected chi connectivity index (χ4v) is 3.26. The number of nitrogens with two attached hydrogens (primary N) is 1. The first kappa shape index (κ1) is 18.9. The van der Waals surface area contributed by atoms with Crippen LogP contribution in [0.25, 0.3) is 0 Å². The molecule has 3 N–H and O–H groups in total. The van der Waals surface area contributed by atoms with Crippen LogP contribution in [0, 0.1) is 0 Å². The zero-order valence-electron chi connectivity index (χ0n) is 15.5. The summed E-state index contributed by atoms with van der Waals surface area (Å²) in [5, 5.41) is 3.37. The number of amides is 2. The van der Waals surface area contributed by atoms with E-state index >= 15 is 0 Å². The van der Waals surface area contributed by atoms with Crippen LogP contribution in [0.1, 0.15) is 34.5 Å². The summed E-state index contributed by atoms with van der Waals surface area (Å²) in [5.74, 6) is -0.145. The summed E-state index contributed by atoms with van der Waals surface area (Å²) in [6.07, 6.45) is 0.990. The van der Waals surface area contributed by atoms with E-state index in [1.165, 1.54) is 5.56 Å². The number of benzene rings is 2. The van der Waals surface area contributed by atoms with Crippen molar-refractivity contribution in [1.82, 2.24) is 10.2 Å². The second kappa shape index (κ2) is 8.68. The molecule has 2 aromatic carbocycles. The minimum Gasteiger partial charge on any atom is -0.484 e. The molecule has 0 aliphatic carbocycles. The minimum atomic E-state index is -0.551. The number of primary amides is 1. The summed E-state index contributed by atoms with van der Waals surface area (Å²) in [7, 11) is 0.